The Balaban J connectivity index is 1.99. The highest BCUT2D eigenvalue weighted by Gasteiger charge is 2.31. The summed E-state index contributed by atoms with van der Waals surface area (Å²) in [6.45, 7) is 0. The minimum Gasteiger partial charge on any atom is -0.423 e. The van der Waals surface area contributed by atoms with Gasteiger partial charge in [-0.05, 0) is 49.5 Å². The molecule has 1 heterocycles. The van der Waals surface area contributed by atoms with Crippen LogP contribution in [-0.4, -0.2) is 5.97 Å². The number of hydrogen-bond acceptors (Lipinski definition) is 3. The molecule has 2 aliphatic rings. The largest absolute Gasteiger partial charge is 0.423 e. The molecule has 0 fully saturated rings. The molecule has 100 valence electrons. The molecule has 4 heteroatoms. The minimum atomic E-state index is -0.546. The SMILES string of the molecule is N#Cc1cc(C=C2OC(=O)C3=C2CCCC3)ccc1F. The van der Waals surface area contributed by atoms with Crippen molar-refractivity contribution >= 4 is 12.0 Å². The topological polar surface area (TPSA) is 50.1 Å². The van der Waals surface area contributed by atoms with Crippen molar-refractivity contribution in [3.8, 4) is 6.07 Å². The minimum absolute atomic E-state index is 0.0125. The molecule has 1 aliphatic carbocycles. The lowest BCUT2D eigenvalue weighted by atomic mass is 9.92. The van der Waals surface area contributed by atoms with E-state index in [-0.39, 0.29) is 11.5 Å². The lowest BCUT2D eigenvalue weighted by Crippen LogP contribution is -2.01. The Morgan fingerprint density at radius 3 is 2.75 bits per heavy atom. The van der Waals surface area contributed by atoms with Gasteiger partial charge in [0, 0.05) is 11.1 Å². The first kappa shape index (κ1) is 12.6. The Bertz CT molecular complexity index is 695. The summed E-state index contributed by atoms with van der Waals surface area (Å²) in [6, 6.07) is 6.07. The van der Waals surface area contributed by atoms with E-state index in [9.17, 15) is 9.18 Å². The van der Waals surface area contributed by atoms with E-state index in [1.165, 1.54) is 12.1 Å². The monoisotopic (exact) mass is 269 g/mol. The molecule has 3 nitrogen and oxygen atoms in total. The number of cyclic esters (lactones) is 1. The summed E-state index contributed by atoms with van der Waals surface area (Å²) >= 11 is 0. The third kappa shape index (κ3) is 2.12. The molecule has 1 aliphatic heterocycles. The number of carbonyl (C=O) groups is 1. The molecule has 20 heavy (non-hydrogen) atoms. The smallest absolute Gasteiger partial charge is 0.339 e. The van der Waals surface area contributed by atoms with Crippen LogP contribution in [0.1, 0.15) is 36.8 Å². The zero-order valence-corrected chi connectivity index (χ0v) is 10.8. The Kier molecular flexibility index (Phi) is 3.11. The molecular formula is C16H12FNO2. The van der Waals surface area contributed by atoms with Gasteiger partial charge in [0.05, 0.1) is 5.56 Å². The standard InChI is InChI=1S/C16H12FNO2/c17-14-6-5-10(7-11(14)9-18)8-15-12-3-1-2-4-13(12)16(19)20-15/h5-8H,1-4H2. The van der Waals surface area contributed by atoms with Crippen molar-refractivity contribution in [3.05, 3.63) is 52.0 Å². The van der Waals surface area contributed by atoms with Crippen LogP contribution in [0, 0.1) is 17.1 Å². The van der Waals surface area contributed by atoms with Gasteiger partial charge in [-0.2, -0.15) is 5.26 Å². The van der Waals surface area contributed by atoms with E-state index >= 15 is 0 Å². The molecule has 0 saturated heterocycles. The summed E-state index contributed by atoms with van der Waals surface area (Å²) in [5.41, 5.74) is 2.38. The maximum atomic E-state index is 13.3. The van der Waals surface area contributed by atoms with Crippen LogP contribution < -0.4 is 0 Å². The van der Waals surface area contributed by atoms with E-state index in [0.717, 1.165) is 36.8 Å². The van der Waals surface area contributed by atoms with Gasteiger partial charge in [0.15, 0.2) is 0 Å². The predicted octanol–water partition coefficient (Wildman–Crippen LogP) is 3.47. The van der Waals surface area contributed by atoms with Crippen LogP contribution >= 0.6 is 0 Å². The van der Waals surface area contributed by atoms with Crippen molar-refractivity contribution in [1.82, 2.24) is 0 Å². The highest BCUT2D eigenvalue weighted by molar-refractivity contribution is 5.95. The summed E-state index contributed by atoms with van der Waals surface area (Å²) in [5.74, 6) is -0.274. The van der Waals surface area contributed by atoms with Crippen molar-refractivity contribution in [2.45, 2.75) is 25.7 Å². The molecule has 0 atom stereocenters. The van der Waals surface area contributed by atoms with Crippen molar-refractivity contribution in [2.75, 3.05) is 0 Å². The van der Waals surface area contributed by atoms with Gasteiger partial charge in [0.25, 0.3) is 0 Å². The van der Waals surface area contributed by atoms with Crippen molar-refractivity contribution in [2.24, 2.45) is 0 Å². The number of nitriles is 1. The van der Waals surface area contributed by atoms with Crippen LogP contribution in [0.25, 0.3) is 6.08 Å². The number of ether oxygens (including phenoxy) is 1. The Hall–Kier alpha value is -2.41. The summed E-state index contributed by atoms with van der Waals surface area (Å²) in [4.78, 5) is 11.8. The molecule has 1 aromatic carbocycles. The van der Waals surface area contributed by atoms with Gasteiger partial charge in [0.1, 0.15) is 17.6 Å². The highest BCUT2D eigenvalue weighted by Crippen LogP contribution is 2.37. The van der Waals surface area contributed by atoms with Gasteiger partial charge >= 0.3 is 5.97 Å². The van der Waals surface area contributed by atoms with E-state index in [4.69, 9.17) is 10.00 Å². The average molecular weight is 269 g/mol. The van der Waals surface area contributed by atoms with Crippen LogP contribution in [-0.2, 0) is 9.53 Å². The third-order valence-corrected chi connectivity index (χ3v) is 3.62. The van der Waals surface area contributed by atoms with E-state index in [1.807, 2.05) is 0 Å². The fourth-order valence-electron chi connectivity index (χ4n) is 2.61. The lowest BCUT2D eigenvalue weighted by molar-refractivity contribution is -0.133. The molecule has 0 spiro atoms. The molecule has 0 bridgehead atoms. The molecule has 0 N–H and O–H groups in total. The zero-order chi connectivity index (χ0) is 14.1. The molecule has 1 aromatic rings. The fraction of sp³-hybridized carbons (Fsp3) is 0.250. The van der Waals surface area contributed by atoms with E-state index in [2.05, 4.69) is 0 Å². The maximum absolute atomic E-state index is 13.3. The van der Waals surface area contributed by atoms with Gasteiger partial charge in [0.2, 0.25) is 0 Å². The quantitative estimate of drug-likeness (QED) is 0.733. The number of esters is 1. The summed E-state index contributed by atoms with van der Waals surface area (Å²) in [5, 5.41) is 8.83. The van der Waals surface area contributed by atoms with Crippen molar-refractivity contribution in [3.63, 3.8) is 0 Å². The Labute approximate surface area is 116 Å². The number of allylic oxidation sites excluding steroid dienone is 1. The summed E-state index contributed by atoms with van der Waals surface area (Å²) in [6.07, 6.45) is 5.35. The number of benzene rings is 1. The van der Waals surface area contributed by atoms with Gasteiger partial charge in [-0.1, -0.05) is 6.07 Å². The van der Waals surface area contributed by atoms with E-state index in [0.29, 0.717) is 11.3 Å². The molecule has 0 radical (unpaired) electrons. The van der Waals surface area contributed by atoms with E-state index < -0.39 is 5.82 Å². The molecule has 0 saturated carbocycles. The zero-order valence-electron chi connectivity index (χ0n) is 10.8. The van der Waals surface area contributed by atoms with Crippen molar-refractivity contribution < 1.29 is 13.9 Å². The fourth-order valence-corrected chi connectivity index (χ4v) is 2.61. The van der Waals surface area contributed by atoms with Gasteiger partial charge in [-0.3, -0.25) is 0 Å². The van der Waals surface area contributed by atoms with Crippen LogP contribution in [0.5, 0.6) is 0 Å². The maximum Gasteiger partial charge on any atom is 0.339 e. The Morgan fingerprint density at radius 2 is 2.00 bits per heavy atom. The van der Waals surface area contributed by atoms with E-state index in [1.54, 1.807) is 18.2 Å². The molecule has 0 unspecified atom stereocenters. The first-order valence-electron chi connectivity index (χ1n) is 6.55. The number of nitrogens with zero attached hydrogens (tertiary/aromatic N) is 1. The first-order valence-corrected chi connectivity index (χ1v) is 6.55. The van der Waals surface area contributed by atoms with Gasteiger partial charge in [-0.25, -0.2) is 9.18 Å². The second kappa shape index (κ2) is 4.93. The van der Waals surface area contributed by atoms with Crippen LogP contribution in [0.15, 0.2) is 35.1 Å². The van der Waals surface area contributed by atoms with Crippen LogP contribution in [0.3, 0.4) is 0 Å². The predicted molar refractivity (Wildman–Crippen MR) is 70.7 cm³/mol. The van der Waals surface area contributed by atoms with Gasteiger partial charge in [-0.15, -0.1) is 0 Å². The lowest BCUT2D eigenvalue weighted by Gasteiger charge is -2.10. The van der Waals surface area contributed by atoms with Gasteiger partial charge < -0.3 is 4.74 Å². The van der Waals surface area contributed by atoms with Crippen LogP contribution in [0.4, 0.5) is 4.39 Å². The molecule has 0 amide bonds. The average Bonchev–Trinajstić information content (AvgIpc) is 2.78. The number of hydrogen-bond donors (Lipinski definition) is 0. The molecule has 0 aromatic heterocycles. The van der Waals surface area contributed by atoms with Crippen molar-refractivity contribution in [1.29, 1.82) is 5.26 Å². The first-order chi connectivity index (χ1) is 9.69. The molecule has 3 rings (SSSR count). The molecular weight excluding hydrogens is 257 g/mol. The van der Waals surface area contributed by atoms with Crippen LogP contribution in [0.2, 0.25) is 0 Å². The number of halogens is 1. The summed E-state index contributed by atoms with van der Waals surface area (Å²) in [7, 11) is 0. The second-order valence-electron chi connectivity index (χ2n) is 4.91. The highest BCUT2D eigenvalue weighted by atomic mass is 19.1. The Morgan fingerprint density at radius 1 is 1.25 bits per heavy atom. The summed E-state index contributed by atoms with van der Waals surface area (Å²) < 4.78 is 18.6. The number of carbonyl (C=O) groups excluding carboxylic acids is 1. The number of rotatable bonds is 1. The second-order valence-corrected chi connectivity index (χ2v) is 4.91. The third-order valence-electron chi connectivity index (χ3n) is 3.62. The normalized spacial score (nSPS) is 19.8.